The molecule has 154 valence electrons. The van der Waals surface area contributed by atoms with Gasteiger partial charge in [-0.25, -0.2) is 0 Å². The Morgan fingerprint density at radius 3 is 2.39 bits per heavy atom. The second-order valence-electron chi connectivity index (χ2n) is 7.14. The molecule has 0 fully saturated rings. The number of fused-ring (bicyclic) bond motifs is 1. The SMILES string of the molecule is CCCCCCCCCCCCSC(=O)COc1ccc(Cl)c2cccnc12. The summed E-state index contributed by atoms with van der Waals surface area (Å²) in [6.07, 6.45) is 14.8. The van der Waals surface area contributed by atoms with Crippen molar-refractivity contribution in [2.75, 3.05) is 12.4 Å². The van der Waals surface area contributed by atoms with Gasteiger partial charge in [0.1, 0.15) is 11.3 Å². The third kappa shape index (κ3) is 8.40. The van der Waals surface area contributed by atoms with Crippen LogP contribution in [0.4, 0.5) is 0 Å². The molecule has 0 saturated carbocycles. The highest BCUT2D eigenvalue weighted by Crippen LogP contribution is 2.29. The van der Waals surface area contributed by atoms with Crippen molar-refractivity contribution >= 4 is 39.4 Å². The number of hydrogen-bond acceptors (Lipinski definition) is 4. The monoisotopic (exact) mass is 421 g/mol. The van der Waals surface area contributed by atoms with Gasteiger partial charge in [-0.15, -0.1) is 0 Å². The van der Waals surface area contributed by atoms with Crippen LogP contribution in [0.15, 0.2) is 30.5 Å². The van der Waals surface area contributed by atoms with Crippen LogP contribution in [0.25, 0.3) is 10.9 Å². The summed E-state index contributed by atoms with van der Waals surface area (Å²) in [7, 11) is 0. The summed E-state index contributed by atoms with van der Waals surface area (Å²) >= 11 is 7.55. The van der Waals surface area contributed by atoms with Crippen LogP contribution in [-0.2, 0) is 4.79 Å². The zero-order chi connectivity index (χ0) is 20.0. The summed E-state index contributed by atoms with van der Waals surface area (Å²) in [6.45, 7) is 2.32. The van der Waals surface area contributed by atoms with Gasteiger partial charge in [-0.3, -0.25) is 9.78 Å². The molecule has 0 aliphatic heterocycles. The van der Waals surface area contributed by atoms with Crippen LogP contribution in [0.2, 0.25) is 5.02 Å². The molecule has 3 nitrogen and oxygen atoms in total. The van der Waals surface area contributed by atoms with E-state index >= 15 is 0 Å². The van der Waals surface area contributed by atoms with Gasteiger partial charge >= 0.3 is 0 Å². The summed E-state index contributed by atoms with van der Waals surface area (Å²) in [5.41, 5.74) is 0.697. The molecule has 1 heterocycles. The van der Waals surface area contributed by atoms with E-state index in [0.717, 1.165) is 17.6 Å². The average molecular weight is 422 g/mol. The second-order valence-corrected chi connectivity index (χ2v) is 8.70. The first-order chi connectivity index (χ1) is 13.7. The number of aromatic nitrogens is 1. The minimum Gasteiger partial charge on any atom is -0.483 e. The van der Waals surface area contributed by atoms with Gasteiger partial charge in [-0.2, -0.15) is 0 Å². The predicted octanol–water partition coefficient (Wildman–Crippen LogP) is 7.45. The number of pyridine rings is 1. The molecule has 0 spiro atoms. The molecule has 0 bridgehead atoms. The van der Waals surface area contributed by atoms with Gasteiger partial charge in [0.25, 0.3) is 0 Å². The van der Waals surface area contributed by atoms with Crippen molar-refractivity contribution in [3.8, 4) is 5.75 Å². The third-order valence-corrected chi connectivity index (χ3v) is 6.05. The number of rotatable bonds is 14. The first kappa shape index (κ1) is 23.0. The van der Waals surface area contributed by atoms with Gasteiger partial charge < -0.3 is 4.74 Å². The van der Waals surface area contributed by atoms with E-state index in [1.807, 2.05) is 12.1 Å². The Morgan fingerprint density at radius 1 is 1.00 bits per heavy atom. The number of thioether (sulfide) groups is 1. The first-order valence-corrected chi connectivity index (χ1v) is 11.9. The van der Waals surface area contributed by atoms with E-state index in [1.54, 1.807) is 18.3 Å². The van der Waals surface area contributed by atoms with E-state index in [9.17, 15) is 4.79 Å². The Labute approximate surface area is 178 Å². The number of benzene rings is 1. The van der Waals surface area contributed by atoms with E-state index in [0.29, 0.717) is 16.3 Å². The molecule has 0 aliphatic rings. The van der Waals surface area contributed by atoms with Crippen LogP contribution in [0, 0.1) is 0 Å². The van der Waals surface area contributed by atoms with Crippen molar-refractivity contribution in [3.05, 3.63) is 35.5 Å². The molecule has 0 amide bonds. The minimum atomic E-state index is 0.0648. The minimum absolute atomic E-state index is 0.0648. The first-order valence-electron chi connectivity index (χ1n) is 10.5. The number of unbranched alkanes of at least 4 members (excludes halogenated alkanes) is 9. The molecule has 0 aliphatic carbocycles. The van der Waals surface area contributed by atoms with Gasteiger partial charge in [0.15, 0.2) is 6.61 Å². The van der Waals surface area contributed by atoms with Crippen LogP contribution < -0.4 is 4.74 Å². The number of carbonyl (C=O) groups excluding carboxylic acids is 1. The highest BCUT2D eigenvalue weighted by molar-refractivity contribution is 8.13. The summed E-state index contributed by atoms with van der Waals surface area (Å²) < 4.78 is 5.69. The molecule has 0 radical (unpaired) electrons. The predicted molar refractivity (Wildman–Crippen MR) is 122 cm³/mol. The maximum Gasteiger partial charge on any atom is 0.226 e. The van der Waals surface area contributed by atoms with Gasteiger partial charge in [0.2, 0.25) is 5.12 Å². The van der Waals surface area contributed by atoms with Crippen molar-refractivity contribution < 1.29 is 9.53 Å². The lowest BCUT2D eigenvalue weighted by Crippen LogP contribution is -2.08. The van der Waals surface area contributed by atoms with Gasteiger partial charge in [0, 0.05) is 17.3 Å². The third-order valence-electron chi connectivity index (χ3n) is 4.79. The number of ether oxygens (including phenoxy) is 1. The maximum absolute atomic E-state index is 12.1. The second kappa shape index (κ2) is 13.8. The van der Waals surface area contributed by atoms with Crippen molar-refractivity contribution in [3.63, 3.8) is 0 Å². The fourth-order valence-corrected chi connectivity index (χ4v) is 4.12. The van der Waals surface area contributed by atoms with E-state index < -0.39 is 0 Å². The molecular weight excluding hydrogens is 390 g/mol. The van der Waals surface area contributed by atoms with Gasteiger partial charge in [-0.05, 0) is 30.7 Å². The maximum atomic E-state index is 12.1. The molecule has 2 aromatic rings. The Hall–Kier alpha value is -1.26. The fraction of sp³-hybridized carbons (Fsp3) is 0.565. The number of nitrogens with zero attached hydrogens (tertiary/aromatic N) is 1. The van der Waals surface area contributed by atoms with Crippen LogP contribution >= 0.6 is 23.4 Å². The van der Waals surface area contributed by atoms with Crippen molar-refractivity contribution in [2.45, 2.75) is 71.1 Å². The van der Waals surface area contributed by atoms with Gasteiger partial charge in [0.05, 0.1) is 5.02 Å². The summed E-state index contributed by atoms with van der Waals surface area (Å²) in [5.74, 6) is 1.48. The molecule has 5 heteroatoms. The largest absolute Gasteiger partial charge is 0.483 e. The molecular formula is C23H32ClNO2S. The zero-order valence-corrected chi connectivity index (χ0v) is 18.5. The van der Waals surface area contributed by atoms with E-state index in [4.69, 9.17) is 16.3 Å². The molecule has 0 saturated heterocycles. The quantitative estimate of drug-likeness (QED) is 0.297. The van der Waals surface area contributed by atoms with Crippen molar-refractivity contribution in [1.29, 1.82) is 0 Å². The van der Waals surface area contributed by atoms with E-state index in [2.05, 4.69) is 11.9 Å². The molecule has 0 N–H and O–H groups in total. The molecule has 0 atom stereocenters. The zero-order valence-electron chi connectivity index (χ0n) is 16.9. The topological polar surface area (TPSA) is 39.2 Å². The van der Waals surface area contributed by atoms with E-state index in [1.165, 1.54) is 69.5 Å². The number of halogens is 1. The Kier molecular flexibility index (Phi) is 11.4. The standard InChI is InChI=1S/C23H32ClNO2S/c1-2-3-4-5-6-7-8-9-10-11-17-28-22(26)18-27-21-15-14-20(24)19-13-12-16-25-23(19)21/h12-16H,2-11,17-18H2,1H3. The molecule has 2 rings (SSSR count). The summed E-state index contributed by atoms with van der Waals surface area (Å²) in [6, 6.07) is 7.30. The highest BCUT2D eigenvalue weighted by Gasteiger charge is 2.09. The van der Waals surface area contributed by atoms with Crippen LogP contribution in [0.1, 0.15) is 71.1 Å². The van der Waals surface area contributed by atoms with Crippen molar-refractivity contribution in [1.82, 2.24) is 4.98 Å². The fourth-order valence-electron chi connectivity index (χ4n) is 3.18. The normalized spacial score (nSPS) is 11.1. The lowest BCUT2D eigenvalue weighted by molar-refractivity contribution is -0.112. The molecule has 0 unspecified atom stereocenters. The van der Waals surface area contributed by atoms with Crippen LogP contribution in [0.3, 0.4) is 0 Å². The Balaban J connectivity index is 1.55. The Bertz CT molecular complexity index is 723. The smallest absolute Gasteiger partial charge is 0.226 e. The van der Waals surface area contributed by atoms with Crippen LogP contribution in [-0.4, -0.2) is 22.5 Å². The van der Waals surface area contributed by atoms with Crippen LogP contribution in [0.5, 0.6) is 5.75 Å². The van der Waals surface area contributed by atoms with Gasteiger partial charge in [-0.1, -0.05) is 88.1 Å². The summed E-state index contributed by atoms with van der Waals surface area (Å²) in [5, 5.41) is 1.54. The Morgan fingerprint density at radius 2 is 1.68 bits per heavy atom. The van der Waals surface area contributed by atoms with Crippen molar-refractivity contribution in [2.24, 2.45) is 0 Å². The highest BCUT2D eigenvalue weighted by atomic mass is 35.5. The molecule has 28 heavy (non-hydrogen) atoms. The van der Waals surface area contributed by atoms with E-state index in [-0.39, 0.29) is 11.7 Å². The lowest BCUT2D eigenvalue weighted by Gasteiger charge is -2.09. The average Bonchev–Trinajstić information content (AvgIpc) is 2.72. The lowest BCUT2D eigenvalue weighted by atomic mass is 10.1. The number of hydrogen-bond donors (Lipinski definition) is 0. The summed E-state index contributed by atoms with van der Waals surface area (Å²) in [4.78, 5) is 16.4. The number of carbonyl (C=O) groups is 1. The molecule has 1 aromatic carbocycles. The molecule has 1 aromatic heterocycles.